The van der Waals surface area contributed by atoms with E-state index in [-0.39, 0.29) is 17.4 Å². The van der Waals surface area contributed by atoms with Gasteiger partial charge in [0.05, 0.1) is 18.7 Å². The second kappa shape index (κ2) is 8.04. The first-order chi connectivity index (χ1) is 16.3. The molecule has 2 atom stereocenters. The van der Waals surface area contributed by atoms with E-state index in [0.29, 0.717) is 18.2 Å². The van der Waals surface area contributed by atoms with E-state index in [1.807, 2.05) is 30.3 Å². The molecule has 0 bridgehead atoms. The fourth-order valence-electron chi connectivity index (χ4n) is 5.59. The third-order valence-electron chi connectivity index (χ3n) is 7.16. The molecule has 0 fully saturated rings. The van der Waals surface area contributed by atoms with Crippen molar-refractivity contribution in [1.29, 1.82) is 0 Å². The molecule has 1 aromatic carbocycles. The van der Waals surface area contributed by atoms with Crippen LogP contribution in [0.25, 0.3) is 0 Å². The van der Waals surface area contributed by atoms with Crippen LogP contribution in [0.15, 0.2) is 69.8 Å². The van der Waals surface area contributed by atoms with Crippen LogP contribution in [0, 0.1) is 5.41 Å². The Morgan fingerprint density at radius 3 is 2.82 bits per heavy atom. The number of methoxy groups -OCH3 is 1. The van der Waals surface area contributed by atoms with Gasteiger partial charge in [0.2, 0.25) is 11.8 Å². The van der Waals surface area contributed by atoms with Gasteiger partial charge in [0.25, 0.3) is 0 Å². The highest BCUT2D eigenvalue weighted by molar-refractivity contribution is 6.01. The first-order valence-electron chi connectivity index (χ1n) is 11.6. The van der Waals surface area contributed by atoms with E-state index in [2.05, 4.69) is 58.4 Å². The topological polar surface area (TPSA) is 92.1 Å². The number of carbonyl (C=O) groups excluding carboxylic acids is 1. The lowest BCUT2D eigenvalue weighted by atomic mass is 9.59. The SMILES string of the molecule is CC[C@@]1(c2cccc(N(C)c3nccc(OC)n3)c2)C2=CN=NC2NC2=C1C(=O)CC(C)(C)C2. The largest absolute Gasteiger partial charge is 0.481 e. The van der Waals surface area contributed by atoms with E-state index in [1.54, 1.807) is 19.4 Å². The summed E-state index contributed by atoms with van der Waals surface area (Å²) in [7, 11) is 3.51. The van der Waals surface area contributed by atoms with Crippen molar-refractivity contribution in [2.75, 3.05) is 19.1 Å². The Morgan fingerprint density at radius 2 is 2.06 bits per heavy atom. The van der Waals surface area contributed by atoms with E-state index in [1.165, 1.54) is 0 Å². The third kappa shape index (κ3) is 3.40. The molecular formula is C26H30N6O2. The summed E-state index contributed by atoms with van der Waals surface area (Å²) < 4.78 is 5.27. The number of anilines is 2. The molecule has 0 spiro atoms. The van der Waals surface area contributed by atoms with Crippen LogP contribution in [0.4, 0.5) is 11.6 Å². The quantitative estimate of drug-likeness (QED) is 0.690. The molecule has 0 radical (unpaired) electrons. The van der Waals surface area contributed by atoms with Gasteiger partial charge in [0.1, 0.15) is 0 Å². The van der Waals surface area contributed by atoms with Crippen molar-refractivity contribution in [3.8, 4) is 5.88 Å². The molecule has 2 aliphatic heterocycles. The number of rotatable bonds is 5. The lowest BCUT2D eigenvalue weighted by Crippen LogP contribution is -2.51. The van der Waals surface area contributed by atoms with Gasteiger partial charge < -0.3 is 15.0 Å². The molecule has 1 aliphatic carbocycles. The molecule has 8 heteroatoms. The van der Waals surface area contributed by atoms with Gasteiger partial charge in [0, 0.05) is 48.3 Å². The predicted octanol–water partition coefficient (Wildman–Crippen LogP) is 4.82. The number of hydrogen-bond donors (Lipinski definition) is 1. The number of ether oxygens (including phenoxy) is 1. The number of carbonyl (C=O) groups is 1. The number of benzene rings is 1. The Labute approximate surface area is 199 Å². The Balaban J connectivity index is 1.66. The first-order valence-corrected chi connectivity index (χ1v) is 11.6. The van der Waals surface area contributed by atoms with Gasteiger partial charge in [-0.15, -0.1) is 0 Å². The molecule has 0 saturated heterocycles. The van der Waals surface area contributed by atoms with Gasteiger partial charge in [-0.25, -0.2) is 4.98 Å². The van der Waals surface area contributed by atoms with Gasteiger partial charge in [-0.2, -0.15) is 15.2 Å². The summed E-state index contributed by atoms with van der Waals surface area (Å²) in [6.07, 6.45) is 5.34. The lowest BCUT2D eigenvalue weighted by molar-refractivity contribution is -0.119. The smallest absolute Gasteiger partial charge is 0.232 e. The monoisotopic (exact) mass is 458 g/mol. The van der Waals surface area contributed by atoms with E-state index < -0.39 is 5.41 Å². The molecule has 3 heterocycles. The molecule has 1 N–H and O–H groups in total. The molecule has 8 nitrogen and oxygen atoms in total. The molecule has 5 rings (SSSR count). The minimum Gasteiger partial charge on any atom is -0.481 e. The summed E-state index contributed by atoms with van der Waals surface area (Å²) in [5.41, 5.74) is 4.18. The number of ketones is 1. The average Bonchev–Trinajstić information content (AvgIpc) is 3.30. The fourth-order valence-corrected chi connectivity index (χ4v) is 5.59. The van der Waals surface area contributed by atoms with E-state index in [9.17, 15) is 4.79 Å². The van der Waals surface area contributed by atoms with Gasteiger partial charge in [0.15, 0.2) is 11.9 Å². The minimum atomic E-state index is -0.589. The maximum absolute atomic E-state index is 13.7. The van der Waals surface area contributed by atoms with Gasteiger partial charge in [-0.1, -0.05) is 32.9 Å². The molecule has 0 amide bonds. The summed E-state index contributed by atoms with van der Waals surface area (Å²) in [6, 6.07) is 10.0. The molecule has 2 aromatic rings. The second-order valence-corrected chi connectivity index (χ2v) is 9.92. The number of hydrogen-bond acceptors (Lipinski definition) is 8. The predicted molar refractivity (Wildman–Crippen MR) is 130 cm³/mol. The molecular weight excluding hydrogens is 428 g/mol. The van der Waals surface area contributed by atoms with Crippen molar-refractivity contribution in [1.82, 2.24) is 15.3 Å². The van der Waals surface area contributed by atoms with Crippen molar-refractivity contribution < 1.29 is 9.53 Å². The van der Waals surface area contributed by atoms with Crippen LogP contribution in [0.2, 0.25) is 0 Å². The number of aromatic nitrogens is 2. The Bertz CT molecular complexity index is 1250. The number of fused-ring (bicyclic) bond motifs is 1. The lowest BCUT2D eigenvalue weighted by Gasteiger charge is -2.48. The van der Waals surface area contributed by atoms with Crippen molar-refractivity contribution in [3.05, 3.63) is 65.1 Å². The number of nitrogens with zero attached hydrogens (tertiary/aromatic N) is 5. The Kier molecular flexibility index (Phi) is 5.26. The van der Waals surface area contributed by atoms with Crippen molar-refractivity contribution in [2.45, 2.75) is 51.6 Å². The molecule has 0 saturated carbocycles. The molecule has 3 aliphatic rings. The van der Waals surface area contributed by atoms with Gasteiger partial charge in [-0.05, 0) is 36.0 Å². The van der Waals surface area contributed by atoms with Crippen LogP contribution >= 0.6 is 0 Å². The zero-order chi connectivity index (χ0) is 24.1. The summed E-state index contributed by atoms with van der Waals surface area (Å²) >= 11 is 0. The normalized spacial score (nSPS) is 24.8. The van der Waals surface area contributed by atoms with Crippen molar-refractivity contribution in [3.63, 3.8) is 0 Å². The Morgan fingerprint density at radius 1 is 1.24 bits per heavy atom. The number of allylic oxidation sites excluding steroid dienone is 2. The Hall–Kier alpha value is -3.55. The fraction of sp³-hybridized carbons (Fsp3) is 0.423. The average molecular weight is 459 g/mol. The zero-order valence-corrected chi connectivity index (χ0v) is 20.3. The van der Waals surface area contributed by atoms with Crippen LogP contribution < -0.4 is 15.0 Å². The van der Waals surface area contributed by atoms with Crippen molar-refractivity contribution >= 4 is 17.4 Å². The van der Waals surface area contributed by atoms with Crippen LogP contribution in [-0.4, -0.2) is 36.1 Å². The van der Waals surface area contributed by atoms with Crippen molar-refractivity contribution in [2.24, 2.45) is 15.6 Å². The summed E-state index contributed by atoms with van der Waals surface area (Å²) in [6.45, 7) is 6.44. The van der Waals surface area contributed by atoms with E-state index in [4.69, 9.17) is 4.74 Å². The minimum absolute atomic E-state index is 0.0921. The maximum atomic E-state index is 13.7. The van der Waals surface area contributed by atoms with E-state index in [0.717, 1.165) is 40.9 Å². The second-order valence-electron chi connectivity index (χ2n) is 9.92. The summed E-state index contributed by atoms with van der Waals surface area (Å²) in [5, 5.41) is 12.2. The molecule has 34 heavy (non-hydrogen) atoms. The molecule has 176 valence electrons. The third-order valence-corrected chi connectivity index (χ3v) is 7.16. The molecule has 1 unspecified atom stereocenters. The number of azo groups is 1. The maximum Gasteiger partial charge on any atom is 0.232 e. The van der Waals surface area contributed by atoms with Crippen LogP contribution in [-0.2, 0) is 10.2 Å². The standard InChI is InChI=1S/C26H30N6O2/c1-6-26(16-8-7-9-17(12-16)32(4)24-27-11-10-21(30-24)34-5)18-15-28-31-23(18)29-19-13-25(2,3)14-20(33)22(19)26/h7-12,15,23,29H,6,13-14H2,1-5H3/t23?,26-/m1/s1. The highest BCUT2D eigenvalue weighted by Gasteiger charge is 2.53. The summed E-state index contributed by atoms with van der Waals surface area (Å²) in [4.78, 5) is 24.5. The van der Waals surface area contributed by atoms with Crippen LogP contribution in [0.1, 0.15) is 45.6 Å². The van der Waals surface area contributed by atoms with Crippen LogP contribution in [0.5, 0.6) is 5.88 Å². The van der Waals surface area contributed by atoms with Crippen LogP contribution in [0.3, 0.4) is 0 Å². The first kappa shape index (κ1) is 22.3. The highest BCUT2D eigenvalue weighted by atomic mass is 16.5. The summed E-state index contributed by atoms with van der Waals surface area (Å²) in [5.74, 6) is 1.23. The number of nitrogens with one attached hydrogen (secondary N) is 1. The van der Waals surface area contributed by atoms with E-state index >= 15 is 0 Å². The zero-order valence-electron chi connectivity index (χ0n) is 20.3. The number of Topliss-reactive ketones (excluding diaryl/α,β-unsaturated/α-hetero) is 1. The van der Waals surface area contributed by atoms with Gasteiger partial charge in [-0.3, -0.25) is 4.79 Å². The highest BCUT2D eigenvalue weighted by Crippen LogP contribution is 2.54. The van der Waals surface area contributed by atoms with Gasteiger partial charge >= 0.3 is 0 Å². The molecule has 1 aromatic heterocycles.